The molecule has 16 heavy (non-hydrogen) atoms. The molecule has 7 nitrogen and oxygen atoms in total. The summed E-state index contributed by atoms with van der Waals surface area (Å²) in [6.07, 6.45) is 0.547. The lowest BCUT2D eigenvalue weighted by Gasteiger charge is -2.10. The predicted molar refractivity (Wildman–Crippen MR) is 57.1 cm³/mol. The lowest BCUT2D eigenvalue weighted by atomic mass is 10.2. The van der Waals surface area contributed by atoms with Crippen molar-refractivity contribution in [3.8, 4) is 0 Å². The fourth-order valence-corrected chi connectivity index (χ4v) is 1.70. The molecule has 0 saturated carbocycles. The first-order valence-corrected chi connectivity index (χ1v) is 6.36. The third kappa shape index (κ3) is 7.56. The van der Waals surface area contributed by atoms with Gasteiger partial charge in [-0.15, -0.1) is 0 Å². The highest BCUT2D eigenvalue weighted by Gasteiger charge is 2.18. The van der Waals surface area contributed by atoms with Crippen molar-refractivity contribution in [3.63, 3.8) is 0 Å². The number of carbonyl (C=O) groups is 1. The van der Waals surface area contributed by atoms with Crippen LogP contribution in [0.25, 0.3) is 0 Å². The molecule has 0 saturated heterocycles. The second-order valence-corrected chi connectivity index (χ2v) is 4.79. The zero-order valence-corrected chi connectivity index (χ0v) is 9.76. The standard InChI is InChI=1S/C8H16NO6P/c1-2-15-4-6(5-16(12,13)14)3-7(9)8(10)11/h3,7H,2,4-5,9H2,1H3,(H,10,11)(H2,12,13,14)/b6-3-. The van der Waals surface area contributed by atoms with Crippen LogP contribution < -0.4 is 5.73 Å². The molecule has 0 aliphatic carbocycles. The number of rotatable bonds is 7. The molecule has 1 unspecified atom stereocenters. The molecular formula is C8H16NO6P. The van der Waals surface area contributed by atoms with E-state index in [-0.39, 0.29) is 12.2 Å². The summed E-state index contributed by atoms with van der Waals surface area (Å²) < 4.78 is 15.7. The molecule has 0 aromatic carbocycles. The van der Waals surface area contributed by atoms with Gasteiger partial charge in [0.15, 0.2) is 0 Å². The van der Waals surface area contributed by atoms with Gasteiger partial charge < -0.3 is 25.4 Å². The van der Waals surface area contributed by atoms with Gasteiger partial charge in [-0.3, -0.25) is 9.36 Å². The molecule has 8 heteroatoms. The van der Waals surface area contributed by atoms with Gasteiger partial charge in [0.25, 0.3) is 0 Å². The number of hydrogen-bond donors (Lipinski definition) is 4. The van der Waals surface area contributed by atoms with Crippen molar-refractivity contribution in [2.24, 2.45) is 5.73 Å². The number of nitrogens with two attached hydrogens (primary N) is 1. The Labute approximate surface area is 93.1 Å². The van der Waals surface area contributed by atoms with Crippen molar-refractivity contribution in [3.05, 3.63) is 11.6 Å². The minimum Gasteiger partial charge on any atom is -0.480 e. The minimum absolute atomic E-state index is 0.0391. The Morgan fingerprint density at radius 3 is 2.50 bits per heavy atom. The first kappa shape index (κ1) is 15.3. The lowest BCUT2D eigenvalue weighted by Crippen LogP contribution is -2.28. The van der Waals surface area contributed by atoms with Crippen molar-refractivity contribution >= 4 is 13.6 Å². The van der Waals surface area contributed by atoms with Crippen LogP contribution in [0, 0.1) is 0 Å². The molecule has 0 rings (SSSR count). The SMILES string of the molecule is CCOC/C(=C/C(N)C(=O)O)CP(=O)(O)O. The van der Waals surface area contributed by atoms with E-state index in [9.17, 15) is 9.36 Å². The highest BCUT2D eigenvalue weighted by molar-refractivity contribution is 7.52. The van der Waals surface area contributed by atoms with Crippen LogP contribution in [0.2, 0.25) is 0 Å². The van der Waals surface area contributed by atoms with Gasteiger partial charge in [-0.2, -0.15) is 0 Å². The molecule has 1 atom stereocenters. The molecule has 5 N–H and O–H groups in total. The van der Waals surface area contributed by atoms with E-state index in [1.807, 2.05) is 0 Å². The van der Waals surface area contributed by atoms with Crippen molar-refractivity contribution in [2.45, 2.75) is 13.0 Å². The zero-order chi connectivity index (χ0) is 12.8. The van der Waals surface area contributed by atoms with Gasteiger partial charge in [0.05, 0.1) is 12.8 Å². The van der Waals surface area contributed by atoms with E-state index < -0.39 is 25.8 Å². The molecule has 0 amide bonds. The van der Waals surface area contributed by atoms with Gasteiger partial charge in [-0.1, -0.05) is 6.08 Å². The normalized spacial score (nSPS) is 14.9. The number of hydrogen-bond acceptors (Lipinski definition) is 4. The van der Waals surface area contributed by atoms with Crippen molar-refractivity contribution in [2.75, 3.05) is 19.4 Å². The van der Waals surface area contributed by atoms with E-state index >= 15 is 0 Å². The minimum atomic E-state index is -4.25. The number of aliphatic carboxylic acids is 1. The average Bonchev–Trinajstić information content (AvgIpc) is 2.11. The number of carboxylic acids is 1. The van der Waals surface area contributed by atoms with Crippen LogP contribution >= 0.6 is 7.60 Å². The maximum atomic E-state index is 10.8. The van der Waals surface area contributed by atoms with Gasteiger partial charge in [-0.05, 0) is 12.5 Å². The maximum Gasteiger partial charge on any atom is 0.329 e. The topological polar surface area (TPSA) is 130 Å². The number of carboxylic acid groups (broad SMARTS) is 1. The lowest BCUT2D eigenvalue weighted by molar-refractivity contribution is -0.137. The van der Waals surface area contributed by atoms with Gasteiger partial charge in [0.1, 0.15) is 6.04 Å². The Bertz CT molecular complexity index is 310. The van der Waals surface area contributed by atoms with E-state index in [4.69, 9.17) is 25.4 Å². The highest BCUT2D eigenvalue weighted by Crippen LogP contribution is 2.36. The Kier molecular flexibility index (Phi) is 6.47. The molecule has 0 radical (unpaired) electrons. The van der Waals surface area contributed by atoms with E-state index in [1.54, 1.807) is 6.92 Å². The van der Waals surface area contributed by atoms with Crippen molar-refractivity contribution in [1.82, 2.24) is 0 Å². The Morgan fingerprint density at radius 2 is 2.12 bits per heavy atom. The van der Waals surface area contributed by atoms with Crippen LogP contribution in [-0.4, -0.2) is 46.3 Å². The molecule has 0 aliphatic rings. The second kappa shape index (κ2) is 6.78. The van der Waals surface area contributed by atoms with Gasteiger partial charge in [0.2, 0.25) is 0 Å². The molecule has 94 valence electrons. The largest absolute Gasteiger partial charge is 0.480 e. The highest BCUT2D eigenvalue weighted by atomic mass is 31.2. The average molecular weight is 253 g/mol. The molecule has 0 bridgehead atoms. The third-order valence-corrected chi connectivity index (χ3v) is 2.42. The summed E-state index contributed by atoms with van der Waals surface area (Å²) in [6.45, 7) is 2.04. The Balaban J connectivity index is 4.65. The quantitative estimate of drug-likeness (QED) is 0.356. The van der Waals surface area contributed by atoms with E-state index in [1.165, 1.54) is 0 Å². The Morgan fingerprint density at radius 1 is 1.56 bits per heavy atom. The molecule has 0 heterocycles. The van der Waals surface area contributed by atoms with Crippen LogP contribution in [0.5, 0.6) is 0 Å². The third-order valence-electron chi connectivity index (χ3n) is 1.60. The van der Waals surface area contributed by atoms with Crippen molar-refractivity contribution in [1.29, 1.82) is 0 Å². The van der Waals surface area contributed by atoms with Crippen LogP contribution in [0.15, 0.2) is 11.6 Å². The monoisotopic (exact) mass is 253 g/mol. The van der Waals surface area contributed by atoms with E-state index in [0.29, 0.717) is 6.61 Å². The van der Waals surface area contributed by atoms with E-state index in [0.717, 1.165) is 6.08 Å². The molecule has 0 aliphatic heterocycles. The molecule has 0 aromatic rings. The predicted octanol–water partition coefficient (Wildman–Crippen LogP) is -0.461. The zero-order valence-electron chi connectivity index (χ0n) is 8.87. The van der Waals surface area contributed by atoms with Gasteiger partial charge in [0, 0.05) is 6.61 Å². The van der Waals surface area contributed by atoms with E-state index in [2.05, 4.69) is 0 Å². The van der Waals surface area contributed by atoms with Gasteiger partial charge in [-0.25, -0.2) is 0 Å². The fraction of sp³-hybridized carbons (Fsp3) is 0.625. The first-order chi connectivity index (χ1) is 7.26. The molecule has 0 fully saturated rings. The summed E-state index contributed by atoms with van der Waals surface area (Å²) in [5.74, 6) is -1.26. The summed E-state index contributed by atoms with van der Waals surface area (Å²) >= 11 is 0. The maximum absolute atomic E-state index is 10.8. The first-order valence-electron chi connectivity index (χ1n) is 4.56. The van der Waals surface area contributed by atoms with Crippen molar-refractivity contribution < 1.29 is 29.0 Å². The molecular weight excluding hydrogens is 237 g/mol. The number of ether oxygens (including phenoxy) is 1. The summed E-state index contributed by atoms with van der Waals surface area (Å²) in [7, 11) is -4.25. The fourth-order valence-electron chi connectivity index (χ4n) is 0.969. The summed E-state index contributed by atoms with van der Waals surface area (Å²) in [6, 6.07) is -1.29. The van der Waals surface area contributed by atoms with Gasteiger partial charge >= 0.3 is 13.6 Å². The van der Waals surface area contributed by atoms with Crippen LogP contribution in [-0.2, 0) is 14.1 Å². The Hall–Kier alpha value is -0.720. The van der Waals surface area contributed by atoms with Crippen LogP contribution in [0.4, 0.5) is 0 Å². The summed E-state index contributed by atoms with van der Waals surface area (Å²) in [4.78, 5) is 28.0. The summed E-state index contributed by atoms with van der Waals surface area (Å²) in [5, 5.41) is 8.55. The second-order valence-electron chi connectivity index (χ2n) is 3.15. The molecule has 0 spiro atoms. The smallest absolute Gasteiger partial charge is 0.329 e. The van der Waals surface area contributed by atoms with Crippen LogP contribution in [0.1, 0.15) is 6.92 Å². The molecule has 0 aromatic heterocycles. The summed E-state index contributed by atoms with van der Waals surface area (Å²) in [5.41, 5.74) is 5.41. The van der Waals surface area contributed by atoms with Crippen LogP contribution in [0.3, 0.4) is 0 Å².